The normalized spacial score (nSPS) is 16.4. The van der Waals surface area contributed by atoms with Gasteiger partial charge in [-0.1, -0.05) is 35.5 Å². The van der Waals surface area contributed by atoms with Gasteiger partial charge < -0.3 is 14.7 Å². The van der Waals surface area contributed by atoms with Gasteiger partial charge in [0.05, 0.1) is 0 Å². The number of likely N-dealkylation sites (tertiary alicyclic amines) is 1. The van der Waals surface area contributed by atoms with Crippen molar-refractivity contribution in [2.75, 3.05) is 11.9 Å². The van der Waals surface area contributed by atoms with Crippen LogP contribution in [0.3, 0.4) is 0 Å². The molecule has 1 N–H and O–H groups in total. The minimum absolute atomic E-state index is 0.136. The summed E-state index contributed by atoms with van der Waals surface area (Å²) < 4.78 is 5.54. The molecule has 0 saturated carbocycles. The Kier molecular flexibility index (Phi) is 4.86. The van der Waals surface area contributed by atoms with Crippen LogP contribution in [0.25, 0.3) is 11.4 Å². The quantitative estimate of drug-likeness (QED) is 0.696. The summed E-state index contributed by atoms with van der Waals surface area (Å²) >= 11 is 0. The SMILES string of the molecule is Cc1cc(C)cc(NC(=O)N2CCCC2c2nc(-c3ccccc3C)no2)c1. The Morgan fingerprint density at radius 2 is 1.89 bits per heavy atom. The number of anilines is 1. The lowest BCUT2D eigenvalue weighted by Crippen LogP contribution is -2.34. The second-order valence-corrected chi connectivity index (χ2v) is 7.43. The van der Waals surface area contributed by atoms with Crippen molar-refractivity contribution in [3.05, 3.63) is 65.0 Å². The Hall–Kier alpha value is -3.15. The van der Waals surface area contributed by atoms with Gasteiger partial charge in [0.15, 0.2) is 0 Å². The van der Waals surface area contributed by atoms with E-state index in [1.54, 1.807) is 4.90 Å². The van der Waals surface area contributed by atoms with Crippen LogP contribution in [0, 0.1) is 20.8 Å². The maximum atomic E-state index is 12.9. The number of rotatable bonds is 3. The highest BCUT2D eigenvalue weighted by Gasteiger charge is 2.34. The number of carbonyl (C=O) groups is 1. The van der Waals surface area contributed by atoms with Crippen LogP contribution in [-0.2, 0) is 0 Å². The minimum atomic E-state index is -0.198. The van der Waals surface area contributed by atoms with Crippen molar-refractivity contribution in [2.45, 2.75) is 39.7 Å². The van der Waals surface area contributed by atoms with Gasteiger partial charge in [0.1, 0.15) is 6.04 Å². The molecule has 1 fully saturated rings. The third kappa shape index (κ3) is 3.63. The highest BCUT2D eigenvalue weighted by molar-refractivity contribution is 5.90. The molecule has 1 aliphatic heterocycles. The Morgan fingerprint density at radius 3 is 2.64 bits per heavy atom. The predicted octanol–water partition coefficient (Wildman–Crippen LogP) is 5.03. The highest BCUT2D eigenvalue weighted by atomic mass is 16.5. The van der Waals surface area contributed by atoms with E-state index in [1.807, 2.05) is 57.2 Å². The Morgan fingerprint density at radius 1 is 1.14 bits per heavy atom. The summed E-state index contributed by atoms with van der Waals surface area (Å²) in [5.41, 5.74) is 5.08. The topological polar surface area (TPSA) is 71.3 Å². The maximum absolute atomic E-state index is 12.9. The fraction of sp³-hybridized carbons (Fsp3) is 0.318. The zero-order valence-corrected chi connectivity index (χ0v) is 16.4. The summed E-state index contributed by atoms with van der Waals surface area (Å²) in [5.74, 6) is 1.06. The Bertz CT molecular complexity index is 991. The highest BCUT2D eigenvalue weighted by Crippen LogP contribution is 2.33. The van der Waals surface area contributed by atoms with Crippen LogP contribution in [0.2, 0.25) is 0 Å². The van der Waals surface area contributed by atoms with Crippen molar-refractivity contribution < 1.29 is 9.32 Å². The van der Waals surface area contributed by atoms with Crippen molar-refractivity contribution in [1.29, 1.82) is 0 Å². The summed E-state index contributed by atoms with van der Waals surface area (Å²) in [6.07, 6.45) is 1.72. The number of hydrogen-bond acceptors (Lipinski definition) is 4. The predicted molar refractivity (Wildman–Crippen MR) is 108 cm³/mol. The number of amides is 2. The van der Waals surface area contributed by atoms with Gasteiger partial charge in [-0.05, 0) is 62.4 Å². The molecule has 2 aromatic carbocycles. The van der Waals surface area contributed by atoms with E-state index in [2.05, 4.69) is 21.5 Å². The number of carbonyl (C=O) groups excluding carboxylic acids is 1. The van der Waals surface area contributed by atoms with Gasteiger partial charge in [-0.15, -0.1) is 0 Å². The monoisotopic (exact) mass is 376 g/mol. The average molecular weight is 376 g/mol. The van der Waals surface area contributed by atoms with Crippen molar-refractivity contribution in [2.24, 2.45) is 0 Å². The molecule has 144 valence electrons. The van der Waals surface area contributed by atoms with Crippen LogP contribution >= 0.6 is 0 Å². The van der Waals surface area contributed by atoms with Crippen molar-refractivity contribution in [3.63, 3.8) is 0 Å². The molecule has 0 radical (unpaired) electrons. The lowest BCUT2D eigenvalue weighted by Gasteiger charge is -2.22. The maximum Gasteiger partial charge on any atom is 0.322 e. The van der Waals surface area contributed by atoms with Gasteiger partial charge in [-0.25, -0.2) is 4.79 Å². The largest absolute Gasteiger partial charge is 0.337 e. The van der Waals surface area contributed by atoms with Crippen LogP contribution < -0.4 is 5.32 Å². The summed E-state index contributed by atoms with van der Waals surface area (Å²) in [7, 11) is 0. The first-order chi connectivity index (χ1) is 13.5. The van der Waals surface area contributed by atoms with Crippen molar-refractivity contribution in [3.8, 4) is 11.4 Å². The van der Waals surface area contributed by atoms with Gasteiger partial charge in [0.25, 0.3) is 0 Å². The average Bonchev–Trinajstić information content (AvgIpc) is 3.30. The fourth-order valence-corrected chi connectivity index (χ4v) is 3.81. The van der Waals surface area contributed by atoms with Gasteiger partial charge in [0, 0.05) is 17.8 Å². The van der Waals surface area contributed by atoms with Gasteiger partial charge in [-0.3, -0.25) is 0 Å². The molecule has 1 aromatic heterocycles. The number of aryl methyl sites for hydroxylation is 3. The number of benzene rings is 2. The number of aromatic nitrogens is 2. The first-order valence-corrected chi connectivity index (χ1v) is 9.57. The molecular formula is C22H24N4O2. The Balaban J connectivity index is 1.54. The molecule has 0 aliphatic carbocycles. The van der Waals surface area contributed by atoms with E-state index in [0.717, 1.165) is 40.8 Å². The second kappa shape index (κ2) is 7.46. The third-order valence-electron chi connectivity index (χ3n) is 5.10. The number of nitrogens with one attached hydrogen (secondary N) is 1. The van der Waals surface area contributed by atoms with Crippen LogP contribution in [0.5, 0.6) is 0 Å². The van der Waals surface area contributed by atoms with Crippen LogP contribution in [0.1, 0.15) is 41.5 Å². The summed E-state index contributed by atoms with van der Waals surface area (Å²) in [6, 6.07) is 13.6. The lowest BCUT2D eigenvalue weighted by atomic mass is 10.1. The molecule has 6 nitrogen and oxygen atoms in total. The third-order valence-corrected chi connectivity index (χ3v) is 5.10. The molecule has 2 amide bonds. The fourth-order valence-electron chi connectivity index (χ4n) is 3.81. The molecule has 2 heterocycles. The van der Waals surface area contributed by atoms with Crippen LogP contribution in [-0.4, -0.2) is 27.6 Å². The molecule has 0 spiro atoms. The zero-order chi connectivity index (χ0) is 19.7. The summed E-state index contributed by atoms with van der Waals surface area (Å²) in [4.78, 5) is 19.3. The molecule has 4 rings (SSSR count). The molecule has 6 heteroatoms. The number of hydrogen-bond donors (Lipinski definition) is 1. The van der Waals surface area contributed by atoms with E-state index in [4.69, 9.17) is 4.52 Å². The summed E-state index contributed by atoms with van der Waals surface area (Å²) in [5, 5.41) is 7.16. The van der Waals surface area contributed by atoms with Crippen LogP contribution in [0.15, 0.2) is 47.0 Å². The van der Waals surface area contributed by atoms with E-state index in [1.165, 1.54) is 0 Å². The minimum Gasteiger partial charge on any atom is -0.337 e. The lowest BCUT2D eigenvalue weighted by molar-refractivity contribution is 0.193. The van der Waals surface area contributed by atoms with E-state index < -0.39 is 0 Å². The summed E-state index contributed by atoms with van der Waals surface area (Å²) in [6.45, 7) is 6.73. The molecule has 3 aromatic rings. The molecule has 1 saturated heterocycles. The van der Waals surface area contributed by atoms with Crippen molar-refractivity contribution >= 4 is 11.7 Å². The van der Waals surface area contributed by atoms with E-state index in [-0.39, 0.29) is 12.1 Å². The Labute approximate surface area is 164 Å². The molecule has 1 aliphatic rings. The standard InChI is InChI=1S/C22H24N4O2/c1-14-11-15(2)13-17(12-14)23-22(27)26-10-6-9-19(26)21-24-20(25-28-21)18-8-5-4-7-16(18)3/h4-5,7-8,11-13,19H,6,9-10H2,1-3H3,(H,23,27). The van der Waals surface area contributed by atoms with Gasteiger partial charge >= 0.3 is 6.03 Å². The van der Waals surface area contributed by atoms with E-state index >= 15 is 0 Å². The van der Waals surface area contributed by atoms with E-state index in [0.29, 0.717) is 18.3 Å². The number of nitrogens with zero attached hydrogens (tertiary/aromatic N) is 3. The first-order valence-electron chi connectivity index (χ1n) is 9.57. The molecule has 1 unspecified atom stereocenters. The first kappa shape index (κ1) is 18.2. The van der Waals surface area contributed by atoms with Gasteiger partial charge in [0.2, 0.25) is 11.7 Å². The van der Waals surface area contributed by atoms with E-state index in [9.17, 15) is 4.79 Å². The molecule has 1 atom stereocenters. The van der Waals surface area contributed by atoms with Crippen LogP contribution in [0.4, 0.5) is 10.5 Å². The van der Waals surface area contributed by atoms with Gasteiger partial charge in [-0.2, -0.15) is 4.98 Å². The smallest absolute Gasteiger partial charge is 0.322 e. The van der Waals surface area contributed by atoms with Crippen molar-refractivity contribution in [1.82, 2.24) is 15.0 Å². The molecular weight excluding hydrogens is 352 g/mol. The second-order valence-electron chi connectivity index (χ2n) is 7.43. The zero-order valence-electron chi connectivity index (χ0n) is 16.4. The molecule has 0 bridgehead atoms. The molecule has 28 heavy (non-hydrogen) atoms. The number of urea groups is 1.